The van der Waals surface area contributed by atoms with Crippen LogP contribution in [0.1, 0.15) is 35.6 Å². The fraction of sp³-hybridized carbons (Fsp3) is 0.333. The van der Waals surface area contributed by atoms with E-state index in [0.29, 0.717) is 6.61 Å². The van der Waals surface area contributed by atoms with E-state index in [9.17, 15) is 14.7 Å². The summed E-state index contributed by atoms with van der Waals surface area (Å²) >= 11 is 0. The van der Waals surface area contributed by atoms with Crippen molar-refractivity contribution in [2.75, 3.05) is 6.61 Å². The molecule has 2 aliphatic heterocycles. The molecule has 9 nitrogen and oxygen atoms in total. The van der Waals surface area contributed by atoms with Gasteiger partial charge in [0.1, 0.15) is 30.0 Å². The molecular weight excluding hydrogens is 610 g/mol. The highest BCUT2D eigenvalue weighted by molar-refractivity contribution is 6.07. The molecule has 6 atom stereocenters. The molecule has 2 heterocycles. The molecule has 0 aromatic heterocycles. The lowest BCUT2D eigenvalue weighted by atomic mass is 9.96. The van der Waals surface area contributed by atoms with E-state index in [0.717, 1.165) is 27.2 Å². The maximum Gasteiger partial charge on any atom is 0.263 e. The summed E-state index contributed by atoms with van der Waals surface area (Å²) in [7, 11) is 0. The molecule has 0 radical (unpaired) electrons. The number of benzene rings is 4. The predicted octanol–water partition coefficient (Wildman–Crippen LogP) is 5.19. The molecule has 48 heavy (non-hydrogen) atoms. The molecule has 1 N–H and O–H groups in total. The maximum atomic E-state index is 13.6. The first kappa shape index (κ1) is 33.7. The maximum absolute atomic E-state index is 13.6. The number of carbonyl (C=O) groups excluding carboxylic acids is 2. The van der Waals surface area contributed by atoms with Crippen LogP contribution in [0.2, 0.25) is 0 Å². The number of hydrogen-bond donors (Lipinski definition) is 1. The molecule has 2 saturated heterocycles. The van der Waals surface area contributed by atoms with Crippen molar-refractivity contribution in [3.63, 3.8) is 0 Å². The van der Waals surface area contributed by atoms with Crippen LogP contribution in [0.15, 0.2) is 121 Å². The van der Waals surface area contributed by atoms with Crippen LogP contribution in [-0.4, -0.2) is 64.7 Å². The molecule has 9 heteroatoms. The van der Waals surface area contributed by atoms with E-state index in [1.54, 1.807) is 0 Å². The van der Waals surface area contributed by atoms with Gasteiger partial charge in [0, 0.05) is 0 Å². The number of ether oxygens (including phenoxy) is 5. The van der Waals surface area contributed by atoms with Crippen LogP contribution in [0.4, 0.5) is 0 Å². The molecule has 2 amide bonds. The summed E-state index contributed by atoms with van der Waals surface area (Å²) in [6.07, 6.45) is -4.86. The van der Waals surface area contributed by atoms with Crippen molar-refractivity contribution < 1.29 is 38.4 Å². The SMILES string of the molecule is C[C@]1(O)CC(=O)N([C@@H]2O[C@H](COCc3ccccc3)[C@@H](OCc3ccccc3)[C@H](OCc3ccccc3)[C@H]2OCc2ccccc2)C1=O. The van der Waals surface area contributed by atoms with Crippen LogP contribution >= 0.6 is 0 Å². The van der Waals surface area contributed by atoms with Crippen molar-refractivity contribution in [2.45, 2.75) is 76.0 Å². The second kappa shape index (κ2) is 15.8. The number of hydrogen-bond acceptors (Lipinski definition) is 8. The molecular formula is C39H41NO8. The predicted molar refractivity (Wildman–Crippen MR) is 177 cm³/mol. The van der Waals surface area contributed by atoms with Crippen LogP contribution in [0.25, 0.3) is 0 Å². The first-order chi connectivity index (χ1) is 23.4. The van der Waals surface area contributed by atoms with Gasteiger partial charge in [0.15, 0.2) is 6.23 Å². The fourth-order valence-electron chi connectivity index (χ4n) is 6.06. The summed E-state index contributed by atoms with van der Waals surface area (Å²) in [5.74, 6) is -1.31. The second-order valence-electron chi connectivity index (χ2n) is 12.4. The zero-order valence-electron chi connectivity index (χ0n) is 26.9. The van der Waals surface area contributed by atoms with Gasteiger partial charge < -0.3 is 28.8 Å². The lowest BCUT2D eigenvalue weighted by molar-refractivity contribution is -0.293. The molecule has 6 rings (SSSR count). The molecule has 0 aliphatic carbocycles. The number of aliphatic hydroxyl groups is 1. The summed E-state index contributed by atoms with van der Waals surface area (Å²) in [5, 5.41) is 10.9. The van der Waals surface area contributed by atoms with E-state index in [2.05, 4.69) is 0 Å². The summed E-state index contributed by atoms with van der Waals surface area (Å²) in [4.78, 5) is 28.0. The Morgan fingerprint density at radius 1 is 0.646 bits per heavy atom. The molecule has 250 valence electrons. The Morgan fingerprint density at radius 2 is 1.06 bits per heavy atom. The zero-order valence-corrected chi connectivity index (χ0v) is 26.9. The average molecular weight is 652 g/mol. The molecule has 4 aromatic carbocycles. The number of nitrogens with zero attached hydrogens (tertiary/aromatic N) is 1. The first-order valence-corrected chi connectivity index (χ1v) is 16.2. The Kier molecular flexibility index (Phi) is 11.1. The molecule has 2 fully saturated rings. The zero-order chi connectivity index (χ0) is 33.3. The van der Waals surface area contributed by atoms with Crippen molar-refractivity contribution in [2.24, 2.45) is 0 Å². The topological polar surface area (TPSA) is 104 Å². The Balaban J connectivity index is 1.36. The molecule has 0 unspecified atom stereocenters. The fourth-order valence-corrected chi connectivity index (χ4v) is 6.06. The van der Waals surface area contributed by atoms with Crippen LogP contribution < -0.4 is 0 Å². The molecule has 2 aliphatic rings. The average Bonchev–Trinajstić information content (AvgIpc) is 3.32. The van der Waals surface area contributed by atoms with Crippen molar-refractivity contribution in [3.8, 4) is 0 Å². The minimum atomic E-state index is -1.87. The lowest BCUT2D eigenvalue weighted by Crippen LogP contribution is -2.66. The number of carbonyl (C=O) groups is 2. The van der Waals surface area contributed by atoms with E-state index < -0.39 is 48.1 Å². The smallest absolute Gasteiger partial charge is 0.263 e. The molecule has 4 aromatic rings. The minimum Gasteiger partial charge on any atom is -0.380 e. The van der Waals surface area contributed by atoms with Gasteiger partial charge in [-0.05, 0) is 29.2 Å². The highest BCUT2D eigenvalue weighted by atomic mass is 16.6. The highest BCUT2D eigenvalue weighted by Gasteiger charge is 2.57. The number of rotatable bonds is 14. The van der Waals surface area contributed by atoms with Gasteiger partial charge in [-0.25, -0.2) is 4.90 Å². The molecule has 0 bridgehead atoms. The Hall–Kier alpha value is -4.22. The van der Waals surface area contributed by atoms with E-state index in [4.69, 9.17) is 23.7 Å². The van der Waals surface area contributed by atoms with Gasteiger partial charge in [-0.2, -0.15) is 0 Å². The summed E-state index contributed by atoms with van der Waals surface area (Å²) in [6.45, 7) is 2.35. The van der Waals surface area contributed by atoms with E-state index in [1.165, 1.54) is 6.92 Å². The minimum absolute atomic E-state index is 0.0774. The Morgan fingerprint density at radius 3 is 1.50 bits per heavy atom. The van der Waals surface area contributed by atoms with Crippen molar-refractivity contribution in [1.29, 1.82) is 0 Å². The van der Waals surface area contributed by atoms with Gasteiger partial charge in [0.2, 0.25) is 5.91 Å². The number of likely N-dealkylation sites (tertiary alicyclic amines) is 1. The van der Waals surface area contributed by atoms with E-state index >= 15 is 0 Å². The van der Waals surface area contributed by atoms with Crippen molar-refractivity contribution in [3.05, 3.63) is 144 Å². The highest BCUT2D eigenvalue weighted by Crippen LogP contribution is 2.36. The van der Waals surface area contributed by atoms with Crippen molar-refractivity contribution in [1.82, 2.24) is 4.90 Å². The standard InChI is InChI=1S/C39H41NO8/c1-39(43)22-33(41)40(38(39)42)37-36(47-26-31-20-12-5-13-21-31)35(46-25-30-18-10-4-11-19-30)34(45-24-29-16-8-3-9-17-29)32(48-37)27-44-23-28-14-6-2-7-15-28/h2-21,32,34-37,43H,22-27H2,1H3/t32-,34-,35+,36-,37-,39+/m1/s1. The van der Waals surface area contributed by atoms with Crippen molar-refractivity contribution >= 4 is 11.8 Å². The third-order valence-electron chi connectivity index (χ3n) is 8.56. The third-order valence-corrected chi connectivity index (χ3v) is 8.56. The normalized spacial score (nSPS) is 25.8. The van der Waals surface area contributed by atoms with E-state index in [1.807, 2.05) is 121 Å². The molecule has 0 spiro atoms. The van der Waals surface area contributed by atoms with Crippen LogP contribution in [-0.2, 0) is 59.7 Å². The van der Waals surface area contributed by atoms with Crippen LogP contribution in [0.5, 0.6) is 0 Å². The first-order valence-electron chi connectivity index (χ1n) is 16.2. The third kappa shape index (κ3) is 8.25. The molecule has 0 saturated carbocycles. The van der Waals surface area contributed by atoms with Gasteiger partial charge in [-0.3, -0.25) is 9.59 Å². The number of imide groups is 1. The van der Waals surface area contributed by atoms with Gasteiger partial charge in [-0.1, -0.05) is 121 Å². The summed E-state index contributed by atoms with van der Waals surface area (Å²) < 4.78 is 32.7. The quantitative estimate of drug-likeness (QED) is 0.186. The Labute approximate surface area is 281 Å². The van der Waals surface area contributed by atoms with Gasteiger partial charge in [0.25, 0.3) is 5.91 Å². The van der Waals surface area contributed by atoms with Gasteiger partial charge in [-0.15, -0.1) is 0 Å². The summed E-state index contributed by atoms with van der Waals surface area (Å²) in [5.41, 5.74) is 1.88. The largest absolute Gasteiger partial charge is 0.380 e. The van der Waals surface area contributed by atoms with Gasteiger partial charge >= 0.3 is 0 Å². The van der Waals surface area contributed by atoms with Crippen LogP contribution in [0.3, 0.4) is 0 Å². The summed E-state index contributed by atoms with van der Waals surface area (Å²) in [6, 6.07) is 38.8. The second-order valence-corrected chi connectivity index (χ2v) is 12.4. The monoisotopic (exact) mass is 651 g/mol. The lowest BCUT2D eigenvalue weighted by Gasteiger charge is -2.48. The van der Waals surface area contributed by atoms with Gasteiger partial charge in [0.05, 0.1) is 39.5 Å². The van der Waals surface area contributed by atoms with E-state index in [-0.39, 0.29) is 32.8 Å². The Bertz CT molecular complexity index is 1600. The number of amides is 2. The van der Waals surface area contributed by atoms with Crippen LogP contribution in [0, 0.1) is 0 Å².